The van der Waals surface area contributed by atoms with Gasteiger partial charge in [0.2, 0.25) is 5.13 Å². The fraction of sp³-hybridized carbons (Fsp3) is 0.462. The quantitative estimate of drug-likeness (QED) is 0.881. The number of hydrogen-bond acceptors (Lipinski definition) is 5. The Morgan fingerprint density at radius 3 is 2.89 bits per heavy atom. The van der Waals surface area contributed by atoms with Crippen LogP contribution in [-0.4, -0.2) is 16.1 Å². The second kappa shape index (κ2) is 6.47. The number of amides is 1. The molecule has 2 heterocycles. The molecule has 0 aliphatic rings. The number of furan rings is 1. The van der Waals surface area contributed by atoms with E-state index in [0.29, 0.717) is 10.9 Å². The van der Waals surface area contributed by atoms with Crippen LogP contribution in [0.3, 0.4) is 0 Å². The van der Waals surface area contributed by atoms with E-state index in [-0.39, 0.29) is 5.91 Å². The molecule has 0 saturated heterocycles. The van der Waals surface area contributed by atoms with Gasteiger partial charge in [-0.2, -0.15) is 0 Å². The topological polar surface area (TPSA) is 68.0 Å². The Morgan fingerprint density at radius 1 is 1.37 bits per heavy atom. The molecule has 102 valence electrons. The normalized spacial score (nSPS) is 10.6. The Balaban J connectivity index is 1.96. The zero-order valence-corrected chi connectivity index (χ0v) is 11.9. The van der Waals surface area contributed by atoms with Crippen molar-refractivity contribution in [3.63, 3.8) is 0 Å². The van der Waals surface area contributed by atoms with E-state index in [1.165, 1.54) is 11.3 Å². The summed E-state index contributed by atoms with van der Waals surface area (Å²) < 4.78 is 5.38. The second-order valence-electron chi connectivity index (χ2n) is 4.18. The largest absolute Gasteiger partial charge is 0.456 e. The van der Waals surface area contributed by atoms with Crippen molar-refractivity contribution in [1.82, 2.24) is 10.2 Å². The molecule has 0 radical (unpaired) electrons. The molecule has 0 spiro atoms. The molecule has 2 aromatic heterocycles. The first-order chi connectivity index (χ1) is 9.22. The molecule has 2 rings (SSSR count). The smallest absolute Gasteiger partial charge is 0.293 e. The molecule has 1 amide bonds. The van der Waals surface area contributed by atoms with Crippen molar-refractivity contribution in [1.29, 1.82) is 0 Å². The Kier molecular flexibility index (Phi) is 4.68. The van der Waals surface area contributed by atoms with Gasteiger partial charge in [-0.05, 0) is 18.6 Å². The van der Waals surface area contributed by atoms with Crippen LogP contribution < -0.4 is 5.32 Å². The highest BCUT2D eigenvalue weighted by molar-refractivity contribution is 7.15. The molecule has 0 saturated carbocycles. The van der Waals surface area contributed by atoms with Crippen LogP contribution in [0.15, 0.2) is 16.5 Å². The average molecular weight is 279 g/mol. The van der Waals surface area contributed by atoms with Gasteiger partial charge in [-0.3, -0.25) is 10.1 Å². The molecule has 19 heavy (non-hydrogen) atoms. The minimum atomic E-state index is -0.280. The minimum absolute atomic E-state index is 0.280. The number of rotatable bonds is 6. The number of nitrogens with zero attached hydrogens (tertiary/aromatic N) is 2. The van der Waals surface area contributed by atoms with Gasteiger partial charge in [-0.1, -0.05) is 31.6 Å². The Labute approximate surface area is 116 Å². The first kappa shape index (κ1) is 13.7. The van der Waals surface area contributed by atoms with Crippen LogP contribution in [0.4, 0.5) is 5.13 Å². The van der Waals surface area contributed by atoms with E-state index in [2.05, 4.69) is 22.4 Å². The Morgan fingerprint density at radius 2 is 2.21 bits per heavy atom. The van der Waals surface area contributed by atoms with Crippen molar-refractivity contribution in [3.05, 3.63) is 28.7 Å². The van der Waals surface area contributed by atoms with Crippen molar-refractivity contribution in [3.8, 4) is 0 Å². The third kappa shape index (κ3) is 3.64. The molecule has 5 nitrogen and oxygen atoms in total. The fourth-order valence-corrected chi connectivity index (χ4v) is 2.36. The summed E-state index contributed by atoms with van der Waals surface area (Å²) in [5, 5.41) is 12.2. The summed E-state index contributed by atoms with van der Waals surface area (Å²) in [5.74, 6) is 0.825. The lowest BCUT2D eigenvalue weighted by atomic mass is 10.3. The van der Waals surface area contributed by atoms with Gasteiger partial charge < -0.3 is 4.42 Å². The van der Waals surface area contributed by atoms with E-state index < -0.39 is 0 Å². The van der Waals surface area contributed by atoms with Gasteiger partial charge in [0.05, 0.1) is 0 Å². The second-order valence-corrected chi connectivity index (χ2v) is 5.24. The highest BCUT2D eigenvalue weighted by Gasteiger charge is 2.13. The van der Waals surface area contributed by atoms with E-state index in [4.69, 9.17) is 4.42 Å². The molecule has 0 aromatic carbocycles. The number of aromatic nitrogens is 2. The summed E-state index contributed by atoms with van der Waals surface area (Å²) in [4.78, 5) is 11.9. The van der Waals surface area contributed by atoms with Crippen LogP contribution in [-0.2, 0) is 12.8 Å². The molecule has 0 aliphatic carbocycles. The van der Waals surface area contributed by atoms with Crippen LogP contribution in [0.1, 0.15) is 48.0 Å². The lowest BCUT2D eigenvalue weighted by Gasteiger charge is -1.96. The summed E-state index contributed by atoms with van der Waals surface area (Å²) in [5.41, 5.74) is 0. The average Bonchev–Trinajstić information content (AvgIpc) is 3.05. The first-order valence-corrected chi connectivity index (χ1v) is 7.27. The molecule has 0 bridgehead atoms. The number of anilines is 1. The van der Waals surface area contributed by atoms with E-state index >= 15 is 0 Å². The molecular weight excluding hydrogens is 262 g/mol. The number of unbranched alkanes of at least 4 members (excludes halogenated alkanes) is 1. The standard InChI is InChI=1S/C13H17N3O2S/c1-3-5-6-11-15-16-13(19-11)14-12(17)10-8-7-9(4-2)18-10/h7-8H,3-6H2,1-2H3,(H,14,16,17). The van der Waals surface area contributed by atoms with E-state index in [1.54, 1.807) is 6.07 Å². The molecule has 1 N–H and O–H groups in total. The van der Waals surface area contributed by atoms with E-state index in [0.717, 1.165) is 36.5 Å². The summed E-state index contributed by atoms with van der Waals surface area (Å²) >= 11 is 1.41. The zero-order valence-electron chi connectivity index (χ0n) is 11.1. The summed E-state index contributed by atoms with van der Waals surface area (Å²) in [6.07, 6.45) is 3.88. The number of nitrogens with one attached hydrogen (secondary N) is 1. The van der Waals surface area contributed by atoms with Crippen molar-refractivity contribution >= 4 is 22.4 Å². The maximum absolute atomic E-state index is 11.9. The molecule has 0 fully saturated rings. The molecule has 0 unspecified atom stereocenters. The highest BCUT2D eigenvalue weighted by Crippen LogP contribution is 2.18. The SMILES string of the molecule is CCCCc1nnc(NC(=O)c2ccc(CC)o2)s1. The molecule has 0 aliphatic heterocycles. The van der Waals surface area contributed by atoms with Crippen LogP contribution in [0.5, 0.6) is 0 Å². The van der Waals surface area contributed by atoms with Crippen LogP contribution in [0, 0.1) is 0 Å². The lowest BCUT2D eigenvalue weighted by molar-refractivity contribution is 0.0995. The first-order valence-electron chi connectivity index (χ1n) is 6.45. The number of hydrogen-bond donors (Lipinski definition) is 1. The summed E-state index contributed by atoms with van der Waals surface area (Å²) in [6.45, 7) is 4.11. The monoisotopic (exact) mass is 279 g/mol. The highest BCUT2D eigenvalue weighted by atomic mass is 32.1. The molecule has 2 aromatic rings. The van der Waals surface area contributed by atoms with Gasteiger partial charge in [-0.15, -0.1) is 10.2 Å². The number of carbonyl (C=O) groups is 1. The zero-order chi connectivity index (χ0) is 13.7. The van der Waals surface area contributed by atoms with Crippen LogP contribution >= 0.6 is 11.3 Å². The van der Waals surface area contributed by atoms with Gasteiger partial charge in [0.1, 0.15) is 10.8 Å². The molecular formula is C13H17N3O2S. The number of aryl methyl sites for hydroxylation is 2. The maximum Gasteiger partial charge on any atom is 0.293 e. The third-order valence-electron chi connectivity index (χ3n) is 2.67. The van der Waals surface area contributed by atoms with Gasteiger partial charge in [0, 0.05) is 12.8 Å². The number of carbonyl (C=O) groups excluding carboxylic acids is 1. The predicted molar refractivity (Wildman–Crippen MR) is 74.6 cm³/mol. The molecule has 0 atom stereocenters. The predicted octanol–water partition coefficient (Wildman–Crippen LogP) is 3.29. The molecule has 6 heteroatoms. The lowest BCUT2D eigenvalue weighted by Crippen LogP contribution is -2.10. The van der Waals surface area contributed by atoms with Crippen LogP contribution in [0.25, 0.3) is 0 Å². The van der Waals surface area contributed by atoms with Crippen molar-refractivity contribution < 1.29 is 9.21 Å². The van der Waals surface area contributed by atoms with Crippen molar-refractivity contribution in [2.75, 3.05) is 5.32 Å². The van der Waals surface area contributed by atoms with Crippen molar-refractivity contribution in [2.45, 2.75) is 39.5 Å². The van der Waals surface area contributed by atoms with Crippen LogP contribution in [0.2, 0.25) is 0 Å². The van der Waals surface area contributed by atoms with Gasteiger partial charge in [-0.25, -0.2) is 0 Å². The summed E-state index contributed by atoms with van der Waals surface area (Å²) in [7, 11) is 0. The Hall–Kier alpha value is -1.69. The van der Waals surface area contributed by atoms with E-state index in [1.807, 2.05) is 13.0 Å². The minimum Gasteiger partial charge on any atom is -0.456 e. The van der Waals surface area contributed by atoms with E-state index in [9.17, 15) is 4.79 Å². The van der Waals surface area contributed by atoms with Gasteiger partial charge >= 0.3 is 0 Å². The van der Waals surface area contributed by atoms with Gasteiger partial charge in [0.25, 0.3) is 5.91 Å². The third-order valence-corrected chi connectivity index (χ3v) is 3.56. The summed E-state index contributed by atoms with van der Waals surface area (Å²) in [6, 6.07) is 3.48. The van der Waals surface area contributed by atoms with Gasteiger partial charge in [0.15, 0.2) is 5.76 Å². The fourth-order valence-electron chi connectivity index (χ4n) is 1.58. The Bertz CT molecular complexity index is 548. The maximum atomic E-state index is 11.9. The van der Waals surface area contributed by atoms with Crippen molar-refractivity contribution in [2.24, 2.45) is 0 Å².